The molecule has 0 unspecified atom stereocenters. The second-order valence-electron chi connectivity index (χ2n) is 6.63. The molecule has 2 N–H and O–H groups in total. The lowest BCUT2D eigenvalue weighted by atomic mass is 10.0. The van der Waals surface area contributed by atoms with Gasteiger partial charge in [0, 0.05) is 30.3 Å². The lowest BCUT2D eigenvalue weighted by Gasteiger charge is -2.12. The number of nitrogens with one attached hydrogen (secondary N) is 1. The molecule has 4 rings (SSSR count). The summed E-state index contributed by atoms with van der Waals surface area (Å²) in [7, 11) is 0. The standard InChI is InChI=1S/C18H21N5O2/c1-12-7-15(20-19-12)8-14-9-23(10-16(14)24)11-17-21-22-18(25-17)13-5-3-2-4-6-13/h2-7,14,16,24H,8-11H2,1H3,(H,19,20)/t14-,16-/m1/s1. The summed E-state index contributed by atoms with van der Waals surface area (Å²) < 4.78 is 5.76. The summed E-state index contributed by atoms with van der Waals surface area (Å²) in [4.78, 5) is 2.15. The fourth-order valence-electron chi connectivity index (χ4n) is 3.32. The average Bonchev–Trinajstić information content (AvgIpc) is 3.31. The average molecular weight is 339 g/mol. The predicted octanol–water partition coefficient (Wildman–Crippen LogP) is 1.80. The van der Waals surface area contributed by atoms with Crippen molar-refractivity contribution < 1.29 is 9.52 Å². The molecule has 0 saturated carbocycles. The van der Waals surface area contributed by atoms with Gasteiger partial charge in [0.2, 0.25) is 11.8 Å². The van der Waals surface area contributed by atoms with Crippen molar-refractivity contribution in [1.29, 1.82) is 0 Å². The van der Waals surface area contributed by atoms with Gasteiger partial charge in [0.05, 0.1) is 18.3 Å². The molecule has 3 aromatic rings. The van der Waals surface area contributed by atoms with E-state index in [-0.39, 0.29) is 12.0 Å². The van der Waals surface area contributed by atoms with Crippen molar-refractivity contribution in [1.82, 2.24) is 25.3 Å². The highest BCUT2D eigenvalue weighted by Crippen LogP contribution is 2.24. The molecule has 0 aliphatic carbocycles. The van der Waals surface area contributed by atoms with Crippen LogP contribution in [0.5, 0.6) is 0 Å². The van der Waals surface area contributed by atoms with Gasteiger partial charge in [0.1, 0.15) is 0 Å². The van der Waals surface area contributed by atoms with Gasteiger partial charge in [-0.3, -0.25) is 10.00 Å². The first-order valence-electron chi connectivity index (χ1n) is 8.46. The van der Waals surface area contributed by atoms with Crippen molar-refractivity contribution >= 4 is 0 Å². The number of aromatic nitrogens is 4. The van der Waals surface area contributed by atoms with Crippen molar-refractivity contribution in [2.75, 3.05) is 13.1 Å². The summed E-state index contributed by atoms with van der Waals surface area (Å²) in [5.41, 5.74) is 2.95. The second-order valence-corrected chi connectivity index (χ2v) is 6.63. The van der Waals surface area contributed by atoms with E-state index >= 15 is 0 Å². The molecular formula is C18H21N5O2. The van der Waals surface area contributed by atoms with Gasteiger partial charge in [-0.1, -0.05) is 18.2 Å². The van der Waals surface area contributed by atoms with Crippen LogP contribution < -0.4 is 0 Å². The maximum atomic E-state index is 10.3. The zero-order chi connectivity index (χ0) is 17.2. The first kappa shape index (κ1) is 16.0. The number of hydrogen-bond acceptors (Lipinski definition) is 6. The van der Waals surface area contributed by atoms with E-state index in [1.54, 1.807) is 0 Å². The lowest BCUT2D eigenvalue weighted by molar-refractivity contribution is 0.139. The number of H-pyrrole nitrogens is 1. The molecule has 0 radical (unpaired) electrons. The zero-order valence-electron chi connectivity index (χ0n) is 14.1. The third-order valence-electron chi connectivity index (χ3n) is 4.56. The van der Waals surface area contributed by atoms with E-state index < -0.39 is 0 Å². The Morgan fingerprint density at radius 1 is 1.24 bits per heavy atom. The molecule has 3 heterocycles. The van der Waals surface area contributed by atoms with E-state index in [0.29, 0.717) is 24.9 Å². The molecule has 7 nitrogen and oxygen atoms in total. The number of aromatic amines is 1. The van der Waals surface area contributed by atoms with Crippen LogP contribution in [-0.2, 0) is 13.0 Å². The van der Waals surface area contributed by atoms with E-state index in [1.807, 2.05) is 43.3 Å². The summed E-state index contributed by atoms with van der Waals surface area (Å²) in [5.74, 6) is 1.26. The van der Waals surface area contributed by atoms with Crippen LogP contribution in [0.3, 0.4) is 0 Å². The quantitative estimate of drug-likeness (QED) is 0.737. The molecule has 2 atom stereocenters. The second kappa shape index (κ2) is 6.78. The monoisotopic (exact) mass is 339 g/mol. The molecule has 0 spiro atoms. The fraction of sp³-hybridized carbons (Fsp3) is 0.389. The molecule has 1 aliphatic rings. The third-order valence-corrected chi connectivity index (χ3v) is 4.56. The number of nitrogens with zero attached hydrogens (tertiary/aromatic N) is 4. The van der Waals surface area contributed by atoms with Gasteiger partial charge in [-0.2, -0.15) is 5.10 Å². The molecular weight excluding hydrogens is 318 g/mol. The Balaban J connectivity index is 1.38. The van der Waals surface area contributed by atoms with Gasteiger partial charge in [0.25, 0.3) is 0 Å². The van der Waals surface area contributed by atoms with Crippen molar-refractivity contribution in [3.05, 3.63) is 53.7 Å². The summed E-state index contributed by atoms with van der Waals surface area (Å²) in [6.07, 6.45) is 0.398. The van der Waals surface area contributed by atoms with Crippen LogP contribution in [0.25, 0.3) is 11.5 Å². The SMILES string of the molecule is Cc1cc(C[C@@H]2CN(Cc3nnc(-c4ccccc4)o3)C[C@H]2O)n[nH]1. The Hall–Kier alpha value is -2.51. The van der Waals surface area contributed by atoms with Crippen LogP contribution in [0, 0.1) is 12.8 Å². The van der Waals surface area contributed by atoms with E-state index in [0.717, 1.165) is 29.9 Å². The van der Waals surface area contributed by atoms with Crippen LogP contribution in [0.4, 0.5) is 0 Å². The van der Waals surface area contributed by atoms with E-state index in [1.165, 1.54) is 0 Å². The number of aliphatic hydroxyl groups is 1. The molecule has 130 valence electrons. The van der Waals surface area contributed by atoms with Gasteiger partial charge in [-0.05, 0) is 31.5 Å². The molecule has 1 saturated heterocycles. The molecule has 2 aromatic heterocycles. The summed E-state index contributed by atoms with van der Waals surface area (Å²) in [6, 6.07) is 11.7. The summed E-state index contributed by atoms with van der Waals surface area (Å²) in [5, 5.41) is 25.8. The molecule has 7 heteroatoms. The van der Waals surface area contributed by atoms with Crippen LogP contribution in [-0.4, -0.2) is 49.6 Å². The molecule has 1 aromatic carbocycles. The minimum absolute atomic E-state index is 0.166. The number of hydrogen-bond donors (Lipinski definition) is 2. The summed E-state index contributed by atoms with van der Waals surface area (Å²) in [6.45, 7) is 3.92. The maximum Gasteiger partial charge on any atom is 0.247 e. The maximum absolute atomic E-state index is 10.3. The van der Waals surface area contributed by atoms with E-state index in [9.17, 15) is 5.11 Å². The third kappa shape index (κ3) is 3.62. The minimum Gasteiger partial charge on any atom is -0.419 e. The minimum atomic E-state index is -0.367. The molecule has 0 bridgehead atoms. The number of likely N-dealkylation sites (tertiary alicyclic amines) is 1. The van der Waals surface area contributed by atoms with Gasteiger partial charge in [-0.15, -0.1) is 10.2 Å². The molecule has 25 heavy (non-hydrogen) atoms. The summed E-state index contributed by atoms with van der Waals surface area (Å²) >= 11 is 0. The number of rotatable bonds is 5. The van der Waals surface area contributed by atoms with Crippen molar-refractivity contribution in [3.8, 4) is 11.5 Å². The molecule has 1 fully saturated rings. The topological polar surface area (TPSA) is 91.1 Å². The first-order valence-corrected chi connectivity index (χ1v) is 8.46. The van der Waals surface area contributed by atoms with Crippen molar-refractivity contribution in [3.63, 3.8) is 0 Å². The lowest BCUT2D eigenvalue weighted by Crippen LogP contribution is -2.21. The number of aliphatic hydroxyl groups excluding tert-OH is 1. The number of β-amino-alcohol motifs (C(OH)–C–C–N with tert-alkyl or cyclic N) is 1. The zero-order valence-corrected chi connectivity index (χ0v) is 14.1. The van der Waals surface area contributed by atoms with Crippen molar-refractivity contribution in [2.24, 2.45) is 5.92 Å². The van der Waals surface area contributed by atoms with Gasteiger partial charge in [-0.25, -0.2) is 0 Å². The highest BCUT2D eigenvalue weighted by atomic mass is 16.4. The Bertz CT molecular complexity index is 829. The fourth-order valence-corrected chi connectivity index (χ4v) is 3.32. The van der Waals surface area contributed by atoms with Gasteiger partial charge >= 0.3 is 0 Å². The molecule has 0 amide bonds. The highest BCUT2D eigenvalue weighted by Gasteiger charge is 2.32. The van der Waals surface area contributed by atoms with Crippen LogP contribution in [0.1, 0.15) is 17.3 Å². The van der Waals surface area contributed by atoms with E-state index in [2.05, 4.69) is 25.3 Å². The Kier molecular flexibility index (Phi) is 4.33. The Morgan fingerprint density at radius 2 is 2.08 bits per heavy atom. The highest BCUT2D eigenvalue weighted by molar-refractivity contribution is 5.51. The van der Waals surface area contributed by atoms with Crippen LogP contribution in [0.2, 0.25) is 0 Å². The van der Waals surface area contributed by atoms with Crippen LogP contribution >= 0.6 is 0 Å². The first-order chi connectivity index (χ1) is 12.2. The number of aryl methyl sites for hydroxylation is 1. The normalized spacial score (nSPS) is 21.0. The molecule has 1 aliphatic heterocycles. The van der Waals surface area contributed by atoms with Gasteiger partial charge in [0.15, 0.2) is 0 Å². The van der Waals surface area contributed by atoms with Crippen LogP contribution in [0.15, 0.2) is 40.8 Å². The van der Waals surface area contributed by atoms with Gasteiger partial charge < -0.3 is 9.52 Å². The van der Waals surface area contributed by atoms with E-state index in [4.69, 9.17) is 4.42 Å². The predicted molar refractivity (Wildman–Crippen MR) is 91.5 cm³/mol. The van der Waals surface area contributed by atoms with Crippen molar-refractivity contribution in [2.45, 2.75) is 26.0 Å². The Morgan fingerprint density at radius 3 is 2.84 bits per heavy atom. The number of benzene rings is 1. The smallest absolute Gasteiger partial charge is 0.247 e. The Labute approximate surface area is 145 Å². The largest absolute Gasteiger partial charge is 0.419 e.